The largest absolute Gasteiger partial charge is 0.333 e. The predicted molar refractivity (Wildman–Crippen MR) is 126 cm³/mol. The summed E-state index contributed by atoms with van der Waals surface area (Å²) >= 11 is 1.62. The second-order valence-electron chi connectivity index (χ2n) is 7.42. The fourth-order valence-electron chi connectivity index (χ4n) is 3.33. The molecule has 2 amide bonds. The van der Waals surface area contributed by atoms with Crippen LogP contribution >= 0.6 is 11.3 Å². The fraction of sp³-hybridized carbons (Fsp3) is 0.200. The van der Waals surface area contributed by atoms with E-state index in [0.717, 1.165) is 37.7 Å². The van der Waals surface area contributed by atoms with Gasteiger partial charge in [-0.25, -0.2) is 0 Å². The molecule has 5 heteroatoms. The lowest BCUT2D eigenvalue weighted by atomic mass is 10.1. The highest BCUT2D eigenvalue weighted by Gasteiger charge is 2.13. The standard InChI is InChI=1S/C25H26N2O2S/c1-17-14-18(2)25(19(3)15-17)26-23(28)16-27(4)24(29)13-11-21-10-12-22(30-21)20-8-6-5-7-9-20/h5-15H,16H2,1-4H3,(H,26,28)/b13-11+. The zero-order valence-electron chi connectivity index (χ0n) is 17.7. The lowest BCUT2D eigenvalue weighted by Gasteiger charge is -2.17. The number of carbonyl (C=O) groups excluding carboxylic acids is 2. The first-order valence-electron chi connectivity index (χ1n) is 9.79. The molecule has 3 aromatic rings. The topological polar surface area (TPSA) is 49.4 Å². The Morgan fingerprint density at radius 3 is 2.33 bits per heavy atom. The number of benzene rings is 2. The number of nitrogens with zero attached hydrogens (tertiary/aromatic N) is 1. The molecule has 0 radical (unpaired) electrons. The smallest absolute Gasteiger partial charge is 0.246 e. The quantitative estimate of drug-likeness (QED) is 0.541. The highest BCUT2D eigenvalue weighted by molar-refractivity contribution is 7.16. The first-order chi connectivity index (χ1) is 14.3. The van der Waals surface area contributed by atoms with Crippen molar-refractivity contribution in [3.05, 3.63) is 82.2 Å². The molecule has 4 nitrogen and oxygen atoms in total. The molecule has 1 N–H and O–H groups in total. The van der Waals surface area contributed by atoms with Crippen molar-refractivity contribution >= 4 is 34.9 Å². The molecule has 0 bridgehead atoms. The first kappa shape index (κ1) is 21.5. The summed E-state index contributed by atoms with van der Waals surface area (Å²) < 4.78 is 0. The van der Waals surface area contributed by atoms with Crippen LogP contribution < -0.4 is 5.32 Å². The summed E-state index contributed by atoms with van der Waals surface area (Å²) in [5, 5.41) is 2.93. The van der Waals surface area contributed by atoms with Gasteiger partial charge in [-0.15, -0.1) is 11.3 Å². The van der Waals surface area contributed by atoms with Crippen LogP contribution in [0, 0.1) is 20.8 Å². The molecule has 0 atom stereocenters. The van der Waals surface area contributed by atoms with E-state index in [2.05, 4.69) is 17.4 Å². The number of rotatable bonds is 6. The molecule has 0 aliphatic carbocycles. The Balaban J connectivity index is 1.58. The molecule has 1 aromatic heterocycles. The lowest BCUT2D eigenvalue weighted by Crippen LogP contribution is -2.34. The Labute approximate surface area is 181 Å². The van der Waals surface area contributed by atoms with Crippen LogP contribution in [-0.2, 0) is 9.59 Å². The maximum absolute atomic E-state index is 12.4. The van der Waals surface area contributed by atoms with Crippen LogP contribution in [0.3, 0.4) is 0 Å². The van der Waals surface area contributed by atoms with Crippen molar-refractivity contribution in [1.82, 2.24) is 4.90 Å². The normalized spacial score (nSPS) is 10.9. The van der Waals surface area contributed by atoms with Crippen LogP contribution in [-0.4, -0.2) is 30.3 Å². The third-order valence-corrected chi connectivity index (χ3v) is 5.87. The van der Waals surface area contributed by atoms with E-state index in [4.69, 9.17) is 0 Å². The molecule has 3 rings (SSSR count). The van der Waals surface area contributed by atoms with Crippen LogP contribution in [0.15, 0.2) is 60.7 Å². The third-order valence-electron chi connectivity index (χ3n) is 4.77. The van der Waals surface area contributed by atoms with Crippen molar-refractivity contribution in [3.8, 4) is 10.4 Å². The summed E-state index contributed by atoms with van der Waals surface area (Å²) in [4.78, 5) is 28.4. The summed E-state index contributed by atoms with van der Waals surface area (Å²) in [6.07, 6.45) is 3.30. The van der Waals surface area contributed by atoms with Crippen molar-refractivity contribution < 1.29 is 9.59 Å². The minimum absolute atomic E-state index is 0.00433. The van der Waals surface area contributed by atoms with Gasteiger partial charge in [0.15, 0.2) is 0 Å². The minimum Gasteiger partial charge on any atom is -0.333 e. The Morgan fingerprint density at radius 1 is 1.00 bits per heavy atom. The van der Waals surface area contributed by atoms with Gasteiger partial charge in [-0.3, -0.25) is 9.59 Å². The van der Waals surface area contributed by atoms with E-state index in [1.165, 1.54) is 11.0 Å². The Hall–Kier alpha value is -3.18. The molecule has 0 aliphatic heterocycles. The van der Waals surface area contributed by atoms with E-state index in [1.807, 2.05) is 63.2 Å². The maximum Gasteiger partial charge on any atom is 0.246 e. The van der Waals surface area contributed by atoms with Crippen LogP contribution in [0.5, 0.6) is 0 Å². The van der Waals surface area contributed by atoms with Gasteiger partial charge in [0.1, 0.15) is 0 Å². The van der Waals surface area contributed by atoms with Crippen molar-refractivity contribution in [2.75, 3.05) is 18.9 Å². The summed E-state index contributed by atoms with van der Waals surface area (Å²) in [6.45, 7) is 5.96. The van der Waals surface area contributed by atoms with E-state index in [9.17, 15) is 9.59 Å². The van der Waals surface area contributed by atoms with Crippen LogP contribution in [0.4, 0.5) is 5.69 Å². The van der Waals surface area contributed by atoms with Gasteiger partial charge in [-0.05, 0) is 55.7 Å². The van der Waals surface area contributed by atoms with Crippen molar-refractivity contribution in [3.63, 3.8) is 0 Å². The van der Waals surface area contributed by atoms with Gasteiger partial charge in [-0.1, -0.05) is 48.0 Å². The summed E-state index contributed by atoms with van der Waals surface area (Å²) in [7, 11) is 1.63. The van der Waals surface area contributed by atoms with Crippen LogP contribution in [0.2, 0.25) is 0 Å². The molecule has 0 spiro atoms. The van der Waals surface area contributed by atoms with Crippen molar-refractivity contribution in [1.29, 1.82) is 0 Å². The number of amides is 2. The molecule has 0 saturated carbocycles. The molecular formula is C25H26N2O2S. The molecule has 0 aliphatic rings. The van der Waals surface area contributed by atoms with Gasteiger partial charge in [0.05, 0.1) is 6.54 Å². The molecule has 0 unspecified atom stereocenters. The Bertz CT molecular complexity index is 1060. The zero-order valence-corrected chi connectivity index (χ0v) is 18.5. The van der Waals surface area contributed by atoms with Crippen LogP contribution in [0.25, 0.3) is 16.5 Å². The second kappa shape index (κ2) is 9.55. The van der Waals surface area contributed by atoms with E-state index >= 15 is 0 Å². The molecule has 30 heavy (non-hydrogen) atoms. The summed E-state index contributed by atoms with van der Waals surface area (Å²) in [5.74, 6) is -0.422. The Kier molecular flexibility index (Phi) is 6.85. The number of likely N-dealkylation sites (N-methyl/N-ethyl adjacent to an activating group) is 1. The SMILES string of the molecule is Cc1cc(C)c(NC(=O)CN(C)C(=O)/C=C/c2ccc(-c3ccccc3)s2)c(C)c1. The number of aryl methyl sites for hydroxylation is 3. The van der Waals surface area contributed by atoms with E-state index < -0.39 is 0 Å². The molecule has 1 heterocycles. The van der Waals surface area contributed by atoms with E-state index in [1.54, 1.807) is 24.5 Å². The van der Waals surface area contributed by atoms with Gasteiger partial charge in [0.2, 0.25) is 11.8 Å². The van der Waals surface area contributed by atoms with Gasteiger partial charge in [-0.2, -0.15) is 0 Å². The maximum atomic E-state index is 12.4. The van der Waals surface area contributed by atoms with Gasteiger partial charge in [0, 0.05) is 28.6 Å². The van der Waals surface area contributed by atoms with Gasteiger partial charge < -0.3 is 10.2 Å². The highest BCUT2D eigenvalue weighted by Crippen LogP contribution is 2.28. The molecule has 0 fully saturated rings. The zero-order chi connectivity index (χ0) is 21.7. The number of nitrogens with one attached hydrogen (secondary N) is 1. The molecule has 0 saturated heterocycles. The van der Waals surface area contributed by atoms with Crippen molar-refractivity contribution in [2.24, 2.45) is 0 Å². The average Bonchev–Trinajstić information content (AvgIpc) is 3.18. The first-order valence-corrected chi connectivity index (χ1v) is 10.6. The lowest BCUT2D eigenvalue weighted by molar-refractivity contribution is -0.129. The number of thiophene rings is 1. The number of carbonyl (C=O) groups is 2. The van der Waals surface area contributed by atoms with Crippen molar-refractivity contribution in [2.45, 2.75) is 20.8 Å². The van der Waals surface area contributed by atoms with Gasteiger partial charge >= 0.3 is 0 Å². The van der Waals surface area contributed by atoms with Crippen LogP contribution in [0.1, 0.15) is 21.6 Å². The predicted octanol–water partition coefficient (Wildman–Crippen LogP) is 5.45. The summed E-state index contributed by atoms with van der Waals surface area (Å²) in [6, 6.07) is 18.2. The number of hydrogen-bond donors (Lipinski definition) is 1. The molecule has 154 valence electrons. The molecule has 2 aromatic carbocycles. The summed E-state index contributed by atoms with van der Waals surface area (Å²) in [5.41, 5.74) is 5.16. The van der Waals surface area contributed by atoms with Gasteiger partial charge in [0.25, 0.3) is 0 Å². The number of hydrogen-bond acceptors (Lipinski definition) is 3. The number of anilines is 1. The fourth-order valence-corrected chi connectivity index (χ4v) is 4.25. The minimum atomic E-state index is -0.211. The third kappa shape index (κ3) is 5.45. The highest BCUT2D eigenvalue weighted by atomic mass is 32.1. The average molecular weight is 419 g/mol. The van der Waals surface area contributed by atoms with E-state index in [-0.39, 0.29) is 18.4 Å². The second-order valence-corrected chi connectivity index (χ2v) is 8.53. The van der Waals surface area contributed by atoms with E-state index in [0.29, 0.717) is 0 Å². The molecular weight excluding hydrogens is 392 g/mol. The monoisotopic (exact) mass is 418 g/mol. The Morgan fingerprint density at radius 2 is 1.67 bits per heavy atom.